The summed E-state index contributed by atoms with van der Waals surface area (Å²) < 4.78 is 32.7. The lowest BCUT2D eigenvalue weighted by Crippen LogP contribution is -2.44. The number of sulfonamides is 1. The molecule has 0 spiro atoms. The molecule has 21 heavy (non-hydrogen) atoms. The van der Waals surface area contributed by atoms with Gasteiger partial charge in [0.15, 0.2) is 0 Å². The van der Waals surface area contributed by atoms with Crippen LogP contribution in [-0.2, 0) is 10.0 Å². The number of nitrogens with two attached hydrogens (primary N) is 1. The molecule has 0 saturated heterocycles. The van der Waals surface area contributed by atoms with E-state index in [0.717, 1.165) is 25.7 Å². The van der Waals surface area contributed by atoms with Gasteiger partial charge in [-0.05, 0) is 43.5 Å². The number of ether oxygens (including phenoxy) is 1. The van der Waals surface area contributed by atoms with Gasteiger partial charge in [0.2, 0.25) is 10.0 Å². The summed E-state index contributed by atoms with van der Waals surface area (Å²) >= 11 is 6.00. The quantitative estimate of drug-likeness (QED) is 0.865. The number of rotatable bonds is 5. The van der Waals surface area contributed by atoms with Crippen LogP contribution in [0.3, 0.4) is 0 Å². The van der Waals surface area contributed by atoms with E-state index in [0.29, 0.717) is 12.3 Å². The number of halogens is 1. The van der Waals surface area contributed by atoms with Crippen LogP contribution in [0.1, 0.15) is 25.7 Å². The van der Waals surface area contributed by atoms with Crippen molar-refractivity contribution in [3.63, 3.8) is 0 Å². The van der Waals surface area contributed by atoms with E-state index < -0.39 is 10.0 Å². The number of hydrogen-bond acceptors (Lipinski definition) is 4. The predicted molar refractivity (Wildman–Crippen MR) is 83.1 cm³/mol. The first kappa shape index (κ1) is 16.5. The second-order valence-corrected chi connectivity index (χ2v) is 7.43. The summed E-state index contributed by atoms with van der Waals surface area (Å²) in [4.78, 5) is 0.148. The van der Waals surface area contributed by atoms with Crippen molar-refractivity contribution in [2.45, 2.75) is 36.6 Å². The summed E-state index contributed by atoms with van der Waals surface area (Å²) in [6.07, 6.45) is 3.92. The highest BCUT2D eigenvalue weighted by Crippen LogP contribution is 2.29. The van der Waals surface area contributed by atoms with Crippen molar-refractivity contribution >= 4 is 21.6 Å². The molecule has 0 radical (unpaired) electrons. The average molecular weight is 333 g/mol. The van der Waals surface area contributed by atoms with Crippen molar-refractivity contribution in [2.75, 3.05) is 13.7 Å². The van der Waals surface area contributed by atoms with Gasteiger partial charge in [0.25, 0.3) is 0 Å². The van der Waals surface area contributed by atoms with Crippen LogP contribution in [0.5, 0.6) is 5.75 Å². The fraction of sp³-hybridized carbons (Fsp3) is 0.571. The van der Waals surface area contributed by atoms with E-state index in [4.69, 9.17) is 22.1 Å². The molecule has 118 valence electrons. The Morgan fingerprint density at radius 3 is 2.71 bits per heavy atom. The Labute approximate surface area is 130 Å². The van der Waals surface area contributed by atoms with Gasteiger partial charge in [-0.3, -0.25) is 0 Å². The Hall–Kier alpha value is -0.820. The summed E-state index contributed by atoms with van der Waals surface area (Å²) in [7, 11) is -2.11. The largest absolute Gasteiger partial charge is 0.495 e. The third-order valence-corrected chi connectivity index (χ3v) is 5.73. The summed E-state index contributed by atoms with van der Waals surface area (Å²) in [6, 6.07) is 4.35. The number of methoxy groups -OCH3 is 1. The van der Waals surface area contributed by atoms with Crippen LogP contribution in [0.2, 0.25) is 5.02 Å². The lowest BCUT2D eigenvalue weighted by Gasteiger charge is -2.31. The topological polar surface area (TPSA) is 81.4 Å². The Balaban J connectivity index is 2.19. The molecule has 0 bridgehead atoms. The molecule has 1 aromatic carbocycles. The molecule has 2 unspecified atom stereocenters. The summed E-state index contributed by atoms with van der Waals surface area (Å²) in [5.74, 6) is 0.648. The van der Waals surface area contributed by atoms with Crippen LogP contribution in [0, 0.1) is 5.92 Å². The molecule has 3 N–H and O–H groups in total. The number of benzene rings is 1. The molecule has 0 heterocycles. The molecular formula is C14H21ClN2O3S. The smallest absolute Gasteiger partial charge is 0.240 e. The van der Waals surface area contributed by atoms with Gasteiger partial charge in [0.05, 0.1) is 17.0 Å². The lowest BCUT2D eigenvalue weighted by atomic mass is 9.85. The maximum atomic E-state index is 12.5. The monoisotopic (exact) mass is 332 g/mol. The molecule has 5 nitrogen and oxygen atoms in total. The van der Waals surface area contributed by atoms with Gasteiger partial charge < -0.3 is 10.5 Å². The Kier molecular flexibility index (Phi) is 5.48. The van der Waals surface area contributed by atoms with Gasteiger partial charge in [0, 0.05) is 6.04 Å². The van der Waals surface area contributed by atoms with Crippen molar-refractivity contribution in [2.24, 2.45) is 11.7 Å². The van der Waals surface area contributed by atoms with E-state index in [9.17, 15) is 8.42 Å². The standard InChI is InChI=1S/C14H21ClN2O3S/c1-20-14-7-6-11(8-12(14)15)21(18,19)17-13-5-3-2-4-10(13)9-16/h6-8,10,13,17H,2-5,9,16H2,1H3. The van der Waals surface area contributed by atoms with Crippen LogP contribution < -0.4 is 15.2 Å². The maximum Gasteiger partial charge on any atom is 0.240 e. The lowest BCUT2D eigenvalue weighted by molar-refractivity contribution is 0.296. The highest BCUT2D eigenvalue weighted by molar-refractivity contribution is 7.89. The minimum absolute atomic E-state index is 0.102. The molecule has 1 aliphatic carbocycles. The average Bonchev–Trinajstić information content (AvgIpc) is 2.47. The van der Waals surface area contributed by atoms with Crippen LogP contribution in [-0.4, -0.2) is 28.1 Å². The first-order chi connectivity index (χ1) is 9.97. The molecular weight excluding hydrogens is 312 g/mol. The molecule has 0 aliphatic heterocycles. The molecule has 1 saturated carbocycles. The molecule has 2 rings (SSSR count). The molecule has 1 aromatic rings. The Morgan fingerprint density at radius 2 is 2.10 bits per heavy atom. The van der Waals surface area contributed by atoms with Crippen molar-refractivity contribution in [3.8, 4) is 5.75 Å². The van der Waals surface area contributed by atoms with E-state index in [1.165, 1.54) is 19.2 Å². The van der Waals surface area contributed by atoms with Gasteiger partial charge >= 0.3 is 0 Å². The van der Waals surface area contributed by atoms with E-state index in [2.05, 4.69) is 4.72 Å². The van der Waals surface area contributed by atoms with E-state index >= 15 is 0 Å². The fourth-order valence-electron chi connectivity index (χ4n) is 2.73. The Morgan fingerprint density at radius 1 is 1.38 bits per heavy atom. The Bertz CT molecular complexity index is 592. The zero-order chi connectivity index (χ0) is 15.5. The fourth-order valence-corrected chi connectivity index (χ4v) is 4.41. The molecule has 0 amide bonds. The second kappa shape index (κ2) is 6.96. The predicted octanol–water partition coefficient (Wildman–Crippen LogP) is 2.14. The minimum atomic E-state index is -3.60. The zero-order valence-corrected chi connectivity index (χ0v) is 13.6. The zero-order valence-electron chi connectivity index (χ0n) is 12.0. The van der Waals surface area contributed by atoms with Gasteiger partial charge in [-0.15, -0.1) is 0 Å². The van der Waals surface area contributed by atoms with Crippen LogP contribution >= 0.6 is 11.6 Å². The maximum absolute atomic E-state index is 12.5. The van der Waals surface area contributed by atoms with Crippen LogP contribution in [0.4, 0.5) is 0 Å². The minimum Gasteiger partial charge on any atom is -0.495 e. The van der Waals surface area contributed by atoms with E-state index in [-0.39, 0.29) is 21.9 Å². The first-order valence-electron chi connectivity index (χ1n) is 7.04. The van der Waals surface area contributed by atoms with Gasteiger partial charge in [-0.25, -0.2) is 13.1 Å². The molecule has 0 aromatic heterocycles. The number of nitrogens with one attached hydrogen (secondary N) is 1. The first-order valence-corrected chi connectivity index (χ1v) is 8.90. The number of hydrogen-bond donors (Lipinski definition) is 2. The van der Waals surface area contributed by atoms with E-state index in [1.54, 1.807) is 6.07 Å². The highest BCUT2D eigenvalue weighted by atomic mass is 35.5. The van der Waals surface area contributed by atoms with Gasteiger partial charge in [-0.1, -0.05) is 24.4 Å². The second-order valence-electron chi connectivity index (χ2n) is 5.30. The molecule has 1 fully saturated rings. The van der Waals surface area contributed by atoms with Crippen molar-refractivity contribution < 1.29 is 13.2 Å². The normalized spacial score (nSPS) is 23.0. The third-order valence-electron chi connectivity index (χ3n) is 3.95. The molecule has 2 atom stereocenters. The summed E-state index contributed by atoms with van der Waals surface area (Å²) in [5, 5.41) is 0.277. The van der Waals surface area contributed by atoms with Crippen molar-refractivity contribution in [1.29, 1.82) is 0 Å². The highest BCUT2D eigenvalue weighted by Gasteiger charge is 2.28. The summed E-state index contributed by atoms with van der Waals surface area (Å²) in [6.45, 7) is 0.497. The molecule has 7 heteroatoms. The van der Waals surface area contributed by atoms with E-state index in [1.807, 2.05) is 0 Å². The summed E-state index contributed by atoms with van der Waals surface area (Å²) in [5.41, 5.74) is 5.74. The third kappa shape index (κ3) is 3.88. The van der Waals surface area contributed by atoms with Crippen LogP contribution in [0.15, 0.2) is 23.1 Å². The van der Waals surface area contributed by atoms with Gasteiger partial charge in [0.1, 0.15) is 5.75 Å². The SMILES string of the molecule is COc1ccc(S(=O)(=O)NC2CCCCC2CN)cc1Cl. The van der Waals surface area contributed by atoms with Crippen LogP contribution in [0.25, 0.3) is 0 Å². The van der Waals surface area contributed by atoms with Crippen molar-refractivity contribution in [1.82, 2.24) is 4.72 Å². The van der Waals surface area contributed by atoms with Gasteiger partial charge in [-0.2, -0.15) is 0 Å². The molecule has 1 aliphatic rings. The van der Waals surface area contributed by atoms with Crippen molar-refractivity contribution in [3.05, 3.63) is 23.2 Å².